The lowest BCUT2D eigenvalue weighted by Gasteiger charge is -2.27. The maximum Gasteiger partial charge on any atom is 0.303 e. The number of carboxylic acids is 1. The van der Waals surface area contributed by atoms with E-state index in [-0.39, 0.29) is 18.2 Å². The van der Waals surface area contributed by atoms with Crippen molar-refractivity contribution >= 4 is 23.5 Å². The second-order valence-corrected chi connectivity index (χ2v) is 5.93. The van der Waals surface area contributed by atoms with Crippen LogP contribution in [0.5, 0.6) is 5.75 Å². The number of hydrogen-bond donors (Lipinski definition) is 1. The lowest BCUT2D eigenvalue weighted by Crippen LogP contribution is -2.43. The van der Waals surface area contributed by atoms with E-state index in [1.165, 1.54) is 4.90 Å². The number of benzene rings is 1. The van der Waals surface area contributed by atoms with Gasteiger partial charge in [-0.05, 0) is 30.5 Å². The first-order chi connectivity index (χ1) is 10.3. The molecule has 0 heterocycles. The molecule has 0 aliphatic carbocycles. The van der Waals surface area contributed by atoms with E-state index in [2.05, 4.69) is 0 Å². The van der Waals surface area contributed by atoms with Gasteiger partial charge in [-0.1, -0.05) is 31.5 Å². The van der Waals surface area contributed by atoms with E-state index in [1.54, 1.807) is 31.3 Å². The lowest BCUT2D eigenvalue weighted by molar-refractivity contribution is -0.141. The average Bonchev–Trinajstić information content (AvgIpc) is 2.43. The van der Waals surface area contributed by atoms with Gasteiger partial charge in [-0.3, -0.25) is 9.59 Å². The van der Waals surface area contributed by atoms with E-state index in [4.69, 9.17) is 21.4 Å². The van der Waals surface area contributed by atoms with Crippen LogP contribution in [0.15, 0.2) is 24.3 Å². The molecule has 0 fully saturated rings. The van der Waals surface area contributed by atoms with E-state index < -0.39 is 12.1 Å². The summed E-state index contributed by atoms with van der Waals surface area (Å²) in [6.07, 6.45) is -0.174. The van der Waals surface area contributed by atoms with Crippen LogP contribution in [0.1, 0.15) is 26.7 Å². The molecule has 0 bridgehead atoms. The van der Waals surface area contributed by atoms with Crippen molar-refractivity contribution in [1.82, 2.24) is 4.90 Å². The molecule has 1 atom stereocenters. The maximum atomic E-state index is 12.5. The number of carbonyl (C=O) groups excluding carboxylic acids is 1. The van der Waals surface area contributed by atoms with Crippen LogP contribution in [-0.2, 0) is 9.59 Å². The molecule has 1 amide bonds. The number of halogens is 1. The highest BCUT2D eigenvalue weighted by molar-refractivity contribution is 6.30. The highest BCUT2D eigenvalue weighted by Crippen LogP contribution is 2.21. The first-order valence-corrected chi connectivity index (χ1v) is 7.58. The number of ether oxygens (including phenoxy) is 1. The van der Waals surface area contributed by atoms with Crippen LogP contribution in [0, 0.1) is 5.92 Å². The molecule has 1 aromatic rings. The van der Waals surface area contributed by atoms with Crippen molar-refractivity contribution in [3.05, 3.63) is 29.3 Å². The van der Waals surface area contributed by atoms with Crippen LogP contribution in [0.2, 0.25) is 5.02 Å². The molecule has 0 spiro atoms. The zero-order valence-corrected chi connectivity index (χ0v) is 13.8. The van der Waals surface area contributed by atoms with Crippen molar-refractivity contribution in [3.63, 3.8) is 0 Å². The summed E-state index contributed by atoms with van der Waals surface area (Å²) in [4.78, 5) is 24.5. The smallest absolute Gasteiger partial charge is 0.303 e. The molecule has 122 valence electrons. The Morgan fingerprint density at radius 1 is 1.36 bits per heavy atom. The van der Waals surface area contributed by atoms with Crippen LogP contribution in [0.4, 0.5) is 0 Å². The fourth-order valence-electron chi connectivity index (χ4n) is 1.95. The van der Waals surface area contributed by atoms with Crippen molar-refractivity contribution in [2.45, 2.75) is 32.8 Å². The minimum absolute atomic E-state index is 0.0200. The number of amides is 1. The number of hydrogen-bond acceptors (Lipinski definition) is 3. The average molecular weight is 328 g/mol. The largest absolute Gasteiger partial charge is 0.481 e. The third-order valence-electron chi connectivity index (χ3n) is 3.17. The van der Waals surface area contributed by atoms with E-state index in [0.29, 0.717) is 23.7 Å². The molecule has 1 aromatic carbocycles. The van der Waals surface area contributed by atoms with Crippen molar-refractivity contribution in [3.8, 4) is 5.75 Å². The number of likely N-dealkylation sites (N-methyl/N-ethyl adjacent to an activating group) is 1. The minimum atomic E-state index is -0.864. The van der Waals surface area contributed by atoms with Crippen molar-refractivity contribution in [1.29, 1.82) is 0 Å². The highest BCUT2D eigenvalue weighted by Gasteiger charge is 2.27. The molecule has 22 heavy (non-hydrogen) atoms. The Labute approximate surface area is 135 Å². The number of carbonyl (C=O) groups is 2. The predicted molar refractivity (Wildman–Crippen MR) is 85.2 cm³/mol. The molecular weight excluding hydrogens is 306 g/mol. The molecule has 0 radical (unpaired) electrons. The molecule has 5 nitrogen and oxygen atoms in total. The summed E-state index contributed by atoms with van der Waals surface area (Å²) in [6, 6.07) is 6.91. The number of carboxylic acid groups (broad SMARTS) is 1. The van der Waals surface area contributed by atoms with Crippen LogP contribution in [0.3, 0.4) is 0 Å². The Morgan fingerprint density at radius 3 is 2.59 bits per heavy atom. The second-order valence-electron chi connectivity index (χ2n) is 5.50. The van der Waals surface area contributed by atoms with Gasteiger partial charge in [-0.25, -0.2) is 0 Å². The quantitative estimate of drug-likeness (QED) is 0.796. The summed E-state index contributed by atoms with van der Waals surface area (Å²) in [7, 11) is 1.65. The summed E-state index contributed by atoms with van der Waals surface area (Å²) in [6.45, 7) is 4.18. The van der Waals surface area contributed by atoms with Gasteiger partial charge in [-0.15, -0.1) is 0 Å². The molecule has 0 saturated heterocycles. The van der Waals surface area contributed by atoms with Crippen LogP contribution < -0.4 is 4.74 Å². The molecule has 6 heteroatoms. The van der Waals surface area contributed by atoms with Crippen LogP contribution >= 0.6 is 11.6 Å². The van der Waals surface area contributed by atoms with Crippen LogP contribution in [0.25, 0.3) is 0 Å². The predicted octanol–water partition coefficient (Wildman–Crippen LogP) is 3.07. The van der Waals surface area contributed by atoms with Gasteiger partial charge in [0.2, 0.25) is 0 Å². The van der Waals surface area contributed by atoms with E-state index in [9.17, 15) is 9.59 Å². The van der Waals surface area contributed by atoms with Gasteiger partial charge >= 0.3 is 5.97 Å². The monoisotopic (exact) mass is 327 g/mol. The molecular formula is C16H22ClNO4. The molecule has 0 saturated carbocycles. The minimum Gasteiger partial charge on any atom is -0.481 e. The fraction of sp³-hybridized carbons (Fsp3) is 0.500. The second kappa shape index (κ2) is 8.63. The van der Waals surface area contributed by atoms with Crippen molar-refractivity contribution < 1.29 is 19.4 Å². The van der Waals surface area contributed by atoms with Gasteiger partial charge in [-0.2, -0.15) is 0 Å². The molecule has 0 aliphatic rings. The van der Waals surface area contributed by atoms with Crippen molar-refractivity contribution in [2.75, 3.05) is 13.6 Å². The fourth-order valence-corrected chi connectivity index (χ4v) is 2.13. The Morgan fingerprint density at radius 2 is 2.05 bits per heavy atom. The first-order valence-electron chi connectivity index (χ1n) is 7.20. The van der Waals surface area contributed by atoms with Gasteiger partial charge in [0.25, 0.3) is 5.91 Å². The zero-order chi connectivity index (χ0) is 16.7. The summed E-state index contributed by atoms with van der Waals surface area (Å²) in [5, 5.41) is 9.19. The Bertz CT molecular complexity index is 519. The third-order valence-corrected chi connectivity index (χ3v) is 3.40. The molecule has 0 aliphatic heterocycles. The lowest BCUT2D eigenvalue weighted by atomic mass is 10.1. The maximum absolute atomic E-state index is 12.5. The Kier molecular flexibility index (Phi) is 7.18. The topological polar surface area (TPSA) is 66.8 Å². The number of rotatable bonds is 8. The van der Waals surface area contributed by atoms with E-state index in [1.807, 2.05) is 13.8 Å². The summed E-state index contributed by atoms with van der Waals surface area (Å²) in [5.74, 6) is -0.510. The summed E-state index contributed by atoms with van der Waals surface area (Å²) < 4.78 is 5.78. The van der Waals surface area contributed by atoms with E-state index >= 15 is 0 Å². The molecule has 1 rings (SSSR count). The summed E-state index contributed by atoms with van der Waals surface area (Å²) >= 11 is 5.92. The Balaban J connectivity index is 2.69. The Hall–Kier alpha value is -1.75. The van der Waals surface area contributed by atoms with Gasteiger partial charge in [0.1, 0.15) is 5.75 Å². The zero-order valence-electron chi connectivity index (χ0n) is 13.1. The number of aliphatic carboxylic acids is 1. The van der Waals surface area contributed by atoms with Gasteiger partial charge in [0.15, 0.2) is 6.10 Å². The molecule has 1 N–H and O–H groups in total. The van der Waals surface area contributed by atoms with E-state index in [0.717, 1.165) is 0 Å². The van der Waals surface area contributed by atoms with Gasteiger partial charge in [0.05, 0.1) is 0 Å². The molecule has 1 unspecified atom stereocenters. The highest BCUT2D eigenvalue weighted by atomic mass is 35.5. The standard InChI is InChI=1S/C16H22ClNO4/c1-11(2)15(22-13-7-4-6-12(17)10-13)16(21)18(3)9-5-8-14(19)20/h4,6-7,10-11,15H,5,8-9H2,1-3H3,(H,19,20). The van der Waals surface area contributed by atoms with Gasteiger partial charge < -0.3 is 14.7 Å². The van der Waals surface area contributed by atoms with Gasteiger partial charge in [0, 0.05) is 25.0 Å². The van der Waals surface area contributed by atoms with Crippen molar-refractivity contribution in [2.24, 2.45) is 5.92 Å². The number of nitrogens with zero attached hydrogens (tertiary/aromatic N) is 1. The first kappa shape index (κ1) is 18.3. The summed E-state index contributed by atoms with van der Waals surface area (Å²) in [5.41, 5.74) is 0. The third kappa shape index (κ3) is 5.93. The van der Waals surface area contributed by atoms with Crippen LogP contribution in [-0.4, -0.2) is 41.6 Å². The SMILES string of the molecule is CC(C)C(Oc1cccc(Cl)c1)C(=O)N(C)CCCC(=O)O. The normalized spacial score (nSPS) is 12.0. The molecule has 0 aromatic heterocycles.